The summed E-state index contributed by atoms with van der Waals surface area (Å²) in [5.74, 6) is 0.853. The molecule has 1 fully saturated rings. The molecule has 0 unspecified atom stereocenters. The molecule has 4 nitrogen and oxygen atoms in total. The maximum Gasteiger partial charge on any atom is 0.410 e. The number of nitrogens with zero attached hydrogens (tertiary/aromatic N) is 1. The average molecular weight is 321 g/mol. The second kappa shape index (κ2) is 6.40. The fourth-order valence-corrected chi connectivity index (χ4v) is 3.25. The molecular weight excluding hydrogens is 302 g/mol. The Hall–Kier alpha value is -2.75. The van der Waals surface area contributed by atoms with Crippen molar-refractivity contribution in [2.45, 2.75) is 25.2 Å². The Morgan fingerprint density at radius 3 is 2.54 bits per heavy atom. The van der Waals surface area contributed by atoms with Gasteiger partial charge in [0.25, 0.3) is 0 Å². The number of amides is 1. The van der Waals surface area contributed by atoms with Crippen LogP contribution in [0, 0.1) is 0 Å². The topological polar surface area (TPSA) is 38.8 Å². The Morgan fingerprint density at radius 1 is 1.08 bits per heavy atom. The Morgan fingerprint density at radius 2 is 1.79 bits per heavy atom. The molecule has 0 saturated carbocycles. The van der Waals surface area contributed by atoms with Crippen molar-refractivity contribution in [2.75, 3.05) is 6.54 Å². The van der Waals surface area contributed by atoms with Crippen molar-refractivity contribution < 1.29 is 14.3 Å². The minimum absolute atomic E-state index is 0.0319. The molecule has 0 radical (unpaired) electrons. The van der Waals surface area contributed by atoms with Crippen molar-refractivity contribution in [3.8, 4) is 0 Å². The van der Waals surface area contributed by atoms with Crippen LogP contribution in [0.4, 0.5) is 4.79 Å². The van der Waals surface area contributed by atoms with E-state index in [1.165, 1.54) is 0 Å². The fraction of sp³-hybridized carbons (Fsp3) is 0.250. The Bertz CT molecular complexity index is 742. The smallest absolute Gasteiger partial charge is 0.410 e. The minimum atomic E-state index is -0.277. The van der Waals surface area contributed by atoms with Crippen LogP contribution in [0.2, 0.25) is 0 Å². The van der Waals surface area contributed by atoms with Gasteiger partial charge in [0.05, 0.1) is 6.04 Å². The zero-order valence-electron chi connectivity index (χ0n) is 13.3. The second-order valence-corrected chi connectivity index (χ2v) is 6.07. The van der Waals surface area contributed by atoms with E-state index in [0.29, 0.717) is 13.2 Å². The number of hydrogen-bond acceptors (Lipinski definition) is 3. The van der Waals surface area contributed by atoms with Crippen molar-refractivity contribution in [1.82, 2.24) is 4.90 Å². The van der Waals surface area contributed by atoms with Gasteiger partial charge in [-0.3, -0.25) is 4.90 Å². The lowest BCUT2D eigenvalue weighted by molar-refractivity contribution is 0.0895. The number of rotatable bonds is 3. The van der Waals surface area contributed by atoms with Gasteiger partial charge in [-0.15, -0.1) is 0 Å². The molecule has 0 spiro atoms. The summed E-state index contributed by atoms with van der Waals surface area (Å²) in [6.45, 7) is 0.963. The molecule has 0 aliphatic carbocycles. The molecule has 2 aromatic rings. The molecule has 1 amide bonds. The molecule has 2 aromatic carbocycles. The van der Waals surface area contributed by atoms with Crippen molar-refractivity contribution >= 4 is 11.9 Å². The van der Waals surface area contributed by atoms with E-state index in [-0.39, 0.29) is 18.2 Å². The molecule has 0 bridgehead atoms. The average Bonchev–Trinajstić information content (AvgIpc) is 3.22. The highest BCUT2D eigenvalue weighted by atomic mass is 16.6. The molecule has 122 valence electrons. The van der Waals surface area contributed by atoms with Crippen LogP contribution < -0.4 is 0 Å². The van der Waals surface area contributed by atoms with E-state index >= 15 is 0 Å². The zero-order valence-corrected chi connectivity index (χ0v) is 13.3. The molecule has 24 heavy (non-hydrogen) atoms. The first kappa shape index (κ1) is 14.8. The van der Waals surface area contributed by atoms with Gasteiger partial charge in [-0.25, -0.2) is 4.79 Å². The predicted molar refractivity (Wildman–Crippen MR) is 91.0 cm³/mol. The van der Waals surface area contributed by atoms with Gasteiger partial charge in [-0.2, -0.15) is 0 Å². The van der Waals surface area contributed by atoms with Crippen molar-refractivity contribution in [3.63, 3.8) is 0 Å². The number of benzene rings is 2. The third-order valence-corrected chi connectivity index (χ3v) is 4.49. The molecule has 0 N–H and O–H groups in total. The summed E-state index contributed by atoms with van der Waals surface area (Å²) >= 11 is 0. The highest BCUT2D eigenvalue weighted by Gasteiger charge is 2.42. The molecular formula is C20H19NO3. The number of hydrogen-bond donors (Lipinski definition) is 0. The van der Waals surface area contributed by atoms with E-state index < -0.39 is 0 Å². The van der Waals surface area contributed by atoms with E-state index in [1.54, 1.807) is 4.90 Å². The van der Waals surface area contributed by atoms with Gasteiger partial charge in [0.15, 0.2) is 0 Å². The third-order valence-electron chi connectivity index (χ3n) is 4.49. The summed E-state index contributed by atoms with van der Waals surface area (Å²) in [6.07, 6.45) is 2.62. The normalized spacial score (nSPS) is 21.8. The van der Waals surface area contributed by atoms with E-state index in [1.807, 2.05) is 66.7 Å². The van der Waals surface area contributed by atoms with Crippen molar-refractivity contribution in [2.24, 2.45) is 0 Å². The number of carbonyl (C=O) groups excluding carboxylic acids is 1. The third kappa shape index (κ3) is 2.87. The summed E-state index contributed by atoms with van der Waals surface area (Å²) < 4.78 is 11.5. The van der Waals surface area contributed by atoms with Crippen LogP contribution in [0.25, 0.3) is 5.76 Å². The van der Waals surface area contributed by atoms with Crippen LogP contribution >= 0.6 is 0 Å². The molecule has 1 saturated heterocycles. The number of fused-ring (bicyclic) bond motifs is 1. The lowest BCUT2D eigenvalue weighted by atomic mass is 10.1. The Labute approximate surface area is 141 Å². The quantitative estimate of drug-likeness (QED) is 0.862. The first-order valence-corrected chi connectivity index (χ1v) is 8.22. The minimum Gasteiger partial charge on any atom is -0.487 e. The standard InChI is InChI=1S/C20H19NO3/c22-20(23-14-15-7-3-1-4-8-15)21-12-11-18-17(21)13-19(24-18)16-9-5-2-6-10-16/h1-10,13,17-18H,11-12,14H2/t17-,18-/m0/s1. The lowest BCUT2D eigenvalue weighted by Crippen LogP contribution is -2.37. The predicted octanol–water partition coefficient (Wildman–Crippen LogP) is 3.84. The van der Waals surface area contributed by atoms with Crippen molar-refractivity contribution in [1.29, 1.82) is 0 Å². The summed E-state index contributed by atoms with van der Waals surface area (Å²) in [7, 11) is 0. The SMILES string of the molecule is O=C(OCc1ccccc1)N1CC[C@@H]2OC(c3ccccc3)=C[C@@H]21. The van der Waals surface area contributed by atoms with Crippen LogP contribution in [0.1, 0.15) is 17.5 Å². The second-order valence-electron chi connectivity index (χ2n) is 6.07. The van der Waals surface area contributed by atoms with E-state index in [4.69, 9.17) is 9.47 Å². The van der Waals surface area contributed by atoms with Gasteiger partial charge in [0.2, 0.25) is 0 Å². The molecule has 4 heteroatoms. The maximum absolute atomic E-state index is 12.4. The highest BCUT2D eigenvalue weighted by molar-refractivity contribution is 5.71. The van der Waals surface area contributed by atoms with Gasteiger partial charge in [0.1, 0.15) is 18.5 Å². The Balaban J connectivity index is 1.43. The summed E-state index contributed by atoms with van der Waals surface area (Å²) in [6, 6.07) is 19.7. The molecule has 0 aromatic heterocycles. The molecule has 4 rings (SSSR count). The van der Waals surface area contributed by atoms with Gasteiger partial charge in [-0.05, 0) is 11.6 Å². The fourth-order valence-electron chi connectivity index (χ4n) is 3.25. The molecule has 2 aliphatic rings. The maximum atomic E-state index is 12.4. The van der Waals surface area contributed by atoms with Crippen LogP contribution in [0.3, 0.4) is 0 Å². The molecule has 2 aliphatic heterocycles. The lowest BCUT2D eigenvalue weighted by Gasteiger charge is -2.20. The van der Waals surface area contributed by atoms with Gasteiger partial charge >= 0.3 is 6.09 Å². The zero-order chi connectivity index (χ0) is 16.4. The van der Waals surface area contributed by atoms with Gasteiger partial charge in [0, 0.05) is 18.5 Å². The summed E-state index contributed by atoms with van der Waals surface area (Å²) in [4.78, 5) is 14.2. The molecule has 2 atom stereocenters. The number of carbonyl (C=O) groups is 1. The van der Waals surface area contributed by atoms with Crippen molar-refractivity contribution in [3.05, 3.63) is 77.9 Å². The number of likely N-dealkylation sites (tertiary alicyclic amines) is 1. The van der Waals surface area contributed by atoms with Crippen LogP contribution in [-0.2, 0) is 16.1 Å². The van der Waals surface area contributed by atoms with E-state index in [2.05, 4.69) is 0 Å². The van der Waals surface area contributed by atoms with Crippen LogP contribution in [-0.4, -0.2) is 29.7 Å². The highest BCUT2D eigenvalue weighted by Crippen LogP contribution is 2.35. The Kier molecular flexibility index (Phi) is 3.95. The van der Waals surface area contributed by atoms with Gasteiger partial charge < -0.3 is 9.47 Å². The largest absolute Gasteiger partial charge is 0.487 e. The number of ether oxygens (including phenoxy) is 2. The summed E-state index contributed by atoms with van der Waals surface area (Å²) in [5, 5.41) is 0. The van der Waals surface area contributed by atoms with E-state index in [0.717, 1.165) is 23.3 Å². The van der Waals surface area contributed by atoms with E-state index in [9.17, 15) is 4.79 Å². The first-order valence-electron chi connectivity index (χ1n) is 8.22. The van der Waals surface area contributed by atoms with Gasteiger partial charge in [-0.1, -0.05) is 60.7 Å². The molecule has 2 heterocycles. The summed E-state index contributed by atoms with van der Waals surface area (Å²) in [5.41, 5.74) is 2.04. The first-order chi connectivity index (χ1) is 11.8. The monoisotopic (exact) mass is 321 g/mol. The van der Waals surface area contributed by atoms with Crippen LogP contribution in [0.15, 0.2) is 66.7 Å². The van der Waals surface area contributed by atoms with Crippen LogP contribution in [0.5, 0.6) is 0 Å².